The molecule has 0 aromatic carbocycles. The molecule has 1 N–H and O–H groups in total. The molecule has 0 atom stereocenters. The van der Waals surface area contributed by atoms with E-state index in [4.69, 9.17) is 0 Å². The second-order valence-corrected chi connectivity index (χ2v) is 3.24. The van der Waals surface area contributed by atoms with Crippen molar-refractivity contribution in [1.29, 1.82) is 0 Å². The van der Waals surface area contributed by atoms with Crippen LogP contribution in [-0.4, -0.2) is 12.3 Å². The Morgan fingerprint density at radius 3 is 2.91 bits per heavy atom. The predicted molar refractivity (Wildman–Crippen MR) is 45.2 cm³/mol. The van der Waals surface area contributed by atoms with Gasteiger partial charge in [-0.15, -0.1) is 0 Å². The zero-order valence-corrected chi connectivity index (χ0v) is 7.18. The summed E-state index contributed by atoms with van der Waals surface area (Å²) >= 11 is 0. The lowest BCUT2D eigenvalue weighted by molar-refractivity contribution is -0.115. The maximum absolute atomic E-state index is 11.3. The van der Waals surface area contributed by atoms with Crippen LogP contribution in [0.1, 0.15) is 26.7 Å². The Balaban J connectivity index is 2.71. The van der Waals surface area contributed by atoms with Gasteiger partial charge in [0, 0.05) is 24.7 Å². The summed E-state index contributed by atoms with van der Waals surface area (Å²) in [6.07, 6.45) is 3.54. The van der Waals surface area contributed by atoms with Crippen LogP contribution in [0.4, 0.5) is 0 Å². The van der Waals surface area contributed by atoms with Gasteiger partial charge in [-0.05, 0) is 12.3 Å². The van der Waals surface area contributed by atoms with Crippen molar-refractivity contribution in [3.63, 3.8) is 0 Å². The average Bonchev–Trinajstić information content (AvgIpc) is 2.13. The van der Waals surface area contributed by atoms with Crippen LogP contribution in [0.25, 0.3) is 0 Å². The van der Waals surface area contributed by atoms with Crippen LogP contribution in [0.15, 0.2) is 11.8 Å². The molecule has 1 heterocycles. The molecule has 0 unspecified atom stereocenters. The summed E-state index contributed by atoms with van der Waals surface area (Å²) < 4.78 is 0. The Morgan fingerprint density at radius 1 is 1.55 bits per heavy atom. The third kappa shape index (κ3) is 2.07. The van der Waals surface area contributed by atoms with E-state index in [0.29, 0.717) is 18.1 Å². The molecule has 11 heavy (non-hydrogen) atoms. The molecule has 0 fully saturated rings. The molecule has 0 saturated carbocycles. The van der Waals surface area contributed by atoms with Crippen LogP contribution in [0, 0.1) is 5.92 Å². The van der Waals surface area contributed by atoms with Gasteiger partial charge in [0.2, 0.25) is 0 Å². The van der Waals surface area contributed by atoms with Gasteiger partial charge in [-0.25, -0.2) is 0 Å². The number of carbonyl (C=O) groups excluding carboxylic acids is 1. The first-order valence-corrected chi connectivity index (χ1v) is 4.18. The molecule has 0 aromatic heterocycles. The number of hydrogen-bond donors (Lipinski definition) is 1. The Bertz CT molecular complexity index is 182. The lowest BCUT2D eigenvalue weighted by Crippen LogP contribution is -2.08. The van der Waals surface area contributed by atoms with Crippen LogP contribution in [0.2, 0.25) is 0 Å². The largest absolute Gasteiger partial charge is 0.391 e. The number of nitrogens with one attached hydrogen (secondary N) is 1. The van der Waals surface area contributed by atoms with Crippen molar-refractivity contribution < 1.29 is 4.79 Å². The molecule has 0 aromatic rings. The summed E-state index contributed by atoms with van der Waals surface area (Å²) in [5, 5.41) is 3.13. The third-order valence-corrected chi connectivity index (χ3v) is 1.93. The van der Waals surface area contributed by atoms with Crippen molar-refractivity contribution >= 4 is 5.78 Å². The molecule has 2 heteroatoms. The first kappa shape index (κ1) is 8.31. The number of hydrogen-bond acceptors (Lipinski definition) is 2. The van der Waals surface area contributed by atoms with Gasteiger partial charge in [0.05, 0.1) is 0 Å². The zero-order chi connectivity index (χ0) is 8.27. The summed E-state index contributed by atoms with van der Waals surface area (Å²) in [6.45, 7) is 5.04. The predicted octanol–water partition coefficient (Wildman–Crippen LogP) is 1.48. The molecule has 62 valence electrons. The third-order valence-electron chi connectivity index (χ3n) is 1.93. The number of ketones is 1. The lowest BCUT2D eigenvalue weighted by atomic mass is 9.98. The van der Waals surface area contributed by atoms with E-state index in [1.165, 1.54) is 0 Å². The van der Waals surface area contributed by atoms with Gasteiger partial charge < -0.3 is 5.32 Å². The molecule has 2 nitrogen and oxygen atoms in total. The van der Waals surface area contributed by atoms with Gasteiger partial charge in [0.15, 0.2) is 5.78 Å². The molecule has 0 amide bonds. The molecule has 0 bridgehead atoms. The molecule has 1 rings (SSSR count). The van der Waals surface area contributed by atoms with Crippen molar-refractivity contribution in [3.05, 3.63) is 11.8 Å². The summed E-state index contributed by atoms with van der Waals surface area (Å²) in [5.74, 6) is 0.665. The van der Waals surface area contributed by atoms with Crippen molar-refractivity contribution in [1.82, 2.24) is 5.32 Å². The quantitative estimate of drug-likeness (QED) is 0.618. The second kappa shape index (κ2) is 3.56. The van der Waals surface area contributed by atoms with Gasteiger partial charge in [-0.3, -0.25) is 4.79 Å². The summed E-state index contributed by atoms with van der Waals surface area (Å²) in [4.78, 5) is 11.3. The molecule has 1 aliphatic heterocycles. The molecule has 0 spiro atoms. The van der Waals surface area contributed by atoms with E-state index in [1.807, 2.05) is 6.20 Å². The Labute approximate surface area is 67.7 Å². The van der Waals surface area contributed by atoms with Gasteiger partial charge in [0.1, 0.15) is 0 Å². The lowest BCUT2D eigenvalue weighted by Gasteiger charge is -2.06. The normalized spacial score (nSPS) is 19.2. The molecular weight excluding hydrogens is 138 g/mol. The van der Waals surface area contributed by atoms with Crippen molar-refractivity contribution in [2.24, 2.45) is 5.92 Å². The van der Waals surface area contributed by atoms with Gasteiger partial charge in [-0.1, -0.05) is 13.8 Å². The Morgan fingerprint density at radius 2 is 2.27 bits per heavy atom. The van der Waals surface area contributed by atoms with E-state index in [0.717, 1.165) is 18.5 Å². The molecule has 1 aliphatic rings. The molecule has 0 radical (unpaired) electrons. The van der Waals surface area contributed by atoms with E-state index in [-0.39, 0.29) is 0 Å². The zero-order valence-electron chi connectivity index (χ0n) is 7.18. The van der Waals surface area contributed by atoms with Crippen LogP contribution in [-0.2, 0) is 4.79 Å². The fraction of sp³-hybridized carbons (Fsp3) is 0.667. The summed E-state index contributed by atoms with van der Waals surface area (Å²) in [5.41, 5.74) is 0.947. The SMILES string of the molecule is CC(C)C1=CNCCCC1=O. The van der Waals surface area contributed by atoms with Crippen LogP contribution in [0.3, 0.4) is 0 Å². The highest BCUT2D eigenvalue weighted by Gasteiger charge is 2.14. The fourth-order valence-electron chi connectivity index (χ4n) is 1.25. The van der Waals surface area contributed by atoms with E-state index in [1.54, 1.807) is 0 Å². The van der Waals surface area contributed by atoms with Crippen molar-refractivity contribution in [2.75, 3.05) is 6.54 Å². The monoisotopic (exact) mass is 153 g/mol. The van der Waals surface area contributed by atoms with Crippen LogP contribution >= 0.6 is 0 Å². The standard InChI is InChI=1S/C9H15NO/c1-7(2)8-6-10-5-3-4-9(8)11/h6-7,10H,3-5H2,1-2H3. The molecule has 0 saturated heterocycles. The summed E-state index contributed by atoms with van der Waals surface area (Å²) in [7, 11) is 0. The topological polar surface area (TPSA) is 29.1 Å². The number of Topliss-reactive ketones (excluding diaryl/α,β-unsaturated/α-hetero) is 1. The minimum absolute atomic E-state index is 0.310. The molecular formula is C9H15NO. The Hall–Kier alpha value is -0.790. The minimum atomic E-state index is 0.310. The van der Waals surface area contributed by atoms with Gasteiger partial charge >= 0.3 is 0 Å². The van der Waals surface area contributed by atoms with Crippen LogP contribution < -0.4 is 5.32 Å². The highest BCUT2D eigenvalue weighted by molar-refractivity contribution is 5.95. The summed E-state index contributed by atoms with van der Waals surface area (Å²) in [6, 6.07) is 0. The minimum Gasteiger partial charge on any atom is -0.391 e. The number of rotatable bonds is 1. The Kier molecular flexibility index (Phi) is 2.69. The number of allylic oxidation sites excluding steroid dienone is 1. The van der Waals surface area contributed by atoms with Gasteiger partial charge in [-0.2, -0.15) is 0 Å². The van der Waals surface area contributed by atoms with Crippen LogP contribution in [0.5, 0.6) is 0 Å². The van der Waals surface area contributed by atoms with E-state index in [2.05, 4.69) is 19.2 Å². The van der Waals surface area contributed by atoms with E-state index in [9.17, 15) is 4.79 Å². The van der Waals surface area contributed by atoms with Gasteiger partial charge in [0.25, 0.3) is 0 Å². The first-order chi connectivity index (χ1) is 5.22. The van der Waals surface area contributed by atoms with E-state index >= 15 is 0 Å². The smallest absolute Gasteiger partial charge is 0.160 e. The average molecular weight is 153 g/mol. The van der Waals surface area contributed by atoms with Crippen molar-refractivity contribution in [3.8, 4) is 0 Å². The van der Waals surface area contributed by atoms with E-state index < -0.39 is 0 Å². The molecule has 0 aliphatic carbocycles. The second-order valence-electron chi connectivity index (χ2n) is 3.24. The number of carbonyl (C=O) groups is 1. The first-order valence-electron chi connectivity index (χ1n) is 4.18. The maximum atomic E-state index is 11.3. The maximum Gasteiger partial charge on any atom is 0.160 e. The highest BCUT2D eigenvalue weighted by Crippen LogP contribution is 2.14. The fourth-order valence-corrected chi connectivity index (χ4v) is 1.25. The van der Waals surface area contributed by atoms with Crippen molar-refractivity contribution in [2.45, 2.75) is 26.7 Å². The highest BCUT2D eigenvalue weighted by atomic mass is 16.1.